The third-order valence-corrected chi connectivity index (χ3v) is 2.88. The maximum Gasteiger partial charge on any atom is 0.134 e. The summed E-state index contributed by atoms with van der Waals surface area (Å²) in [6.07, 6.45) is 3.06. The van der Waals surface area contributed by atoms with Gasteiger partial charge in [0.25, 0.3) is 0 Å². The van der Waals surface area contributed by atoms with Crippen LogP contribution in [0.5, 0.6) is 5.75 Å². The van der Waals surface area contributed by atoms with Crippen molar-refractivity contribution in [3.8, 4) is 5.75 Å². The summed E-state index contributed by atoms with van der Waals surface area (Å²) in [6.45, 7) is 2.51. The van der Waals surface area contributed by atoms with Gasteiger partial charge in [-0.15, -0.1) is 0 Å². The number of fused-ring (bicyclic) bond motifs is 1. The Morgan fingerprint density at radius 2 is 2.17 bits per heavy atom. The average molecular weight is 246 g/mol. The monoisotopic (exact) mass is 246 g/mol. The van der Waals surface area contributed by atoms with Crippen molar-refractivity contribution < 1.29 is 10.2 Å². The van der Waals surface area contributed by atoms with Gasteiger partial charge in [-0.3, -0.25) is 0 Å². The minimum atomic E-state index is -0.371. The summed E-state index contributed by atoms with van der Waals surface area (Å²) in [5, 5.41) is 24.2. The standard InChI is InChI=1S/C14H18N2O2/c1-2-3-12(18)9-16-14-13-8-11(17)5-4-10(13)6-7-15-14/h4-8,12,17-18H,2-3,9H2,1H3,(H,15,16). The number of nitrogens with zero attached hydrogens (tertiary/aromatic N) is 1. The van der Waals surface area contributed by atoms with Crippen molar-refractivity contribution in [1.29, 1.82) is 0 Å². The minimum absolute atomic E-state index is 0.215. The normalized spacial score (nSPS) is 12.6. The van der Waals surface area contributed by atoms with Crippen LogP contribution in [-0.2, 0) is 0 Å². The third-order valence-electron chi connectivity index (χ3n) is 2.88. The number of aromatic hydroxyl groups is 1. The first-order chi connectivity index (χ1) is 8.70. The molecule has 0 aliphatic carbocycles. The van der Waals surface area contributed by atoms with Crippen molar-refractivity contribution in [1.82, 2.24) is 4.98 Å². The van der Waals surface area contributed by atoms with Gasteiger partial charge in [-0.05, 0) is 30.0 Å². The molecular weight excluding hydrogens is 228 g/mol. The largest absolute Gasteiger partial charge is 0.508 e. The molecule has 2 aromatic rings. The molecule has 18 heavy (non-hydrogen) atoms. The summed E-state index contributed by atoms with van der Waals surface area (Å²) >= 11 is 0. The molecule has 2 rings (SSSR count). The molecule has 1 aromatic heterocycles. The van der Waals surface area contributed by atoms with Crippen LogP contribution in [0.15, 0.2) is 30.5 Å². The Balaban J connectivity index is 2.19. The van der Waals surface area contributed by atoms with Crippen molar-refractivity contribution in [2.24, 2.45) is 0 Å². The molecule has 0 fully saturated rings. The second-order valence-electron chi connectivity index (χ2n) is 4.39. The lowest BCUT2D eigenvalue weighted by molar-refractivity contribution is 0.176. The highest BCUT2D eigenvalue weighted by atomic mass is 16.3. The van der Waals surface area contributed by atoms with Crippen LogP contribution in [0.2, 0.25) is 0 Å². The third kappa shape index (κ3) is 2.90. The topological polar surface area (TPSA) is 65.4 Å². The van der Waals surface area contributed by atoms with E-state index in [1.807, 2.05) is 19.1 Å². The van der Waals surface area contributed by atoms with E-state index in [2.05, 4.69) is 10.3 Å². The molecule has 4 nitrogen and oxygen atoms in total. The molecule has 4 heteroatoms. The summed E-state index contributed by atoms with van der Waals surface area (Å²) in [4.78, 5) is 4.25. The lowest BCUT2D eigenvalue weighted by Crippen LogP contribution is -2.19. The van der Waals surface area contributed by atoms with Crippen LogP contribution in [0.3, 0.4) is 0 Å². The number of pyridine rings is 1. The molecule has 0 aliphatic heterocycles. The number of aliphatic hydroxyl groups excluding tert-OH is 1. The quantitative estimate of drug-likeness (QED) is 0.758. The molecule has 0 amide bonds. The van der Waals surface area contributed by atoms with Gasteiger partial charge in [-0.1, -0.05) is 19.4 Å². The second kappa shape index (κ2) is 5.69. The smallest absolute Gasteiger partial charge is 0.134 e. The number of nitrogens with one attached hydrogen (secondary N) is 1. The van der Waals surface area contributed by atoms with Crippen LogP contribution in [0.4, 0.5) is 5.82 Å². The van der Waals surface area contributed by atoms with Gasteiger partial charge in [0, 0.05) is 18.1 Å². The molecule has 96 valence electrons. The lowest BCUT2D eigenvalue weighted by Gasteiger charge is -2.12. The highest BCUT2D eigenvalue weighted by Gasteiger charge is 2.06. The van der Waals surface area contributed by atoms with E-state index in [0.717, 1.165) is 23.6 Å². The molecule has 3 N–H and O–H groups in total. The molecule has 1 heterocycles. The van der Waals surface area contributed by atoms with Crippen LogP contribution < -0.4 is 5.32 Å². The van der Waals surface area contributed by atoms with E-state index in [-0.39, 0.29) is 11.9 Å². The Morgan fingerprint density at radius 3 is 2.94 bits per heavy atom. The van der Waals surface area contributed by atoms with Gasteiger partial charge >= 0.3 is 0 Å². The van der Waals surface area contributed by atoms with Crippen molar-refractivity contribution in [3.05, 3.63) is 30.5 Å². The molecule has 0 bridgehead atoms. The van der Waals surface area contributed by atoms with Crippen molar-refractivity contribution >= 4 is 16.6 Å². The highest BCUT2D eigenvalue weighted by Crippen LogP contribution is 2.24. The summed E-state index contributed by atoms with van der Waals surface area (Å²) in [6, 6.07) is 7.07. The molecule has 0 aliphatic rings. The van der Waals surface area contributed by atoms with Gasteiger partial charge in [0.05, 0.1) is 6.10 Å². The molecule has 1 atom stereocenters. The molecule has 0 saturated heterocycles. The van der Waals surface area contributed by atoms with E-state index in [0.29, 0.717) is 12.4 Å². The zero-order chi connectivity index (χ0) is 13.0. The fourth-order valence-electron chi connectivity index (χ4n) is 1.95. The summed E-state index contributed by atoms with van der Waals surface area (Å²) in [5.41, 5.74) is 0. The van der Waals surface area contributed by atoms with Gasteiger partial charge < -0.3 is 15.5 Å². The fraction of sp³-hybridized carbons (Fsp3) is 0.357. The van der Waals surface area contributed by atoms with E-state index < -0.39 is 0 Å². The first-order valence-electron chi connectivity index (χ1n) is 6.20. The van der Waals surface area contributed by atoms with E-state index in [1.54, 1.807) is 18.3 Å². The Hall–Kier alpha value is -1.81. The molecule has 0 radical (unpaired) electrons. The van der Waals surface area contributed by atoms with Crippen molar-refractivity contribution in [3.63, 3.8) is 0 Å². The van der Waals surface area contributed by atoms with Crippen LogP contribution in [0, 0.1) is 0 Å². The maximum atomic E-state index is 9.70. The molecule has 0 saturated carbocycles. The number of phenolic OH excluding ortho intramolecular Hbond substituents is 1. The Labute approximate surface area is 106 Å². The number of benzene rings is 1. The fourth-order valence-corrected chi connectivity index (χ4v) is 1.95. The SMILES string of the molecule is CCCC(O)CNc1nccc2ccc(O)cc12. The van der Waals surface area contributed by atoms with Gasteiger partial charge in [-0.25, -0.2) is 4.98 Å². The summed E-state index contributed by atoms with van der Waals surface area (Å²) in [5.74, 6) is 0.909. The van der Waals surface area contributed by atoms with Crippen LogP contribution in [0.25, 0.3) is 10.8 Å². The predicted octanol–water partition coefficient (Wildman–Crippen LogP) is 2.51. The van der Waals surface area contributed by atoms with Gasteiger partial charge in [-0.2, -0.15) is 0 Å². The minimum Gasteiger partial charge on any atom is -0.508 e. The zero-order valence-corrected chi connectivity index (χ0v) is 10.4. The van der Waals surface area contributed by atoms with Crippen LogP contribution >= 0.6 is 0 Å². The number of hydrogen-bond donors (Lipinski definition) is 3. The van der Waals surface area contributed by atoms with Crippen molar-refractivity contribution in [2.75, 3.05) is 11.9 Å². The van der Waals surface area contributed by atoms with E-state index in [1.165, 1.54) is 0 Å². The Morgan fingerprint density at radius 1 is 1.33 bits per heavy atom. The molecular formula is C14H18N2O2. The highest BCUT2D eigenvalue weighted by molar-refractivity contribution is 5.92. The molecule has 0 spiro atoms. The summed E-state index contributed by atoms with van der Waals surface area (Å²) in [7, 11) is 0. The van der Waals surface area contributed by atoms with Crippen molar-refractivity contribution in [2.45, 2.75) is 25.9 Å². The first kappa shape index (κ1) is 12.6. The second-order valence-corrected chi connectivity index (χ2v) is 4.39. The van der Waals surface area contributed by atoms with E-state index >= 15 is 0 Å². The number of phenols is 1. The number of aromatic nitrogens is 1. The average Bonchev–Trinajstić information content (AvgIpc) is 2.36. The molecule has 1 aromatic carbocycles. The number of anilines is 1. The maximum absolute atomic E-state index is 9.70. The van der Waals surface area contributed by atoms with E-state index in [4.69, 9.17) is 0 Å². The molecule has 1 unspecified atom stereocenters. The first-order valence-corrected chi connectivity index (χ1v) is 6.20. The number of rotatable bonds is 5. The predicted molar refractivity (Wildman–Crippen MR) is 72.8 cm³/mol. The van der Waals surface area contributed by atoms with E-state index in [9.17, 15) is 10.2 Å². The van der Waals surface area contributed by atoms with Gasteiger partial charge in [0.15, 0.2) is 0 Å². The Kier molecular flexibility index (Phi) is 3.99. The summed E-state index contributed by atoms with van der Waals surface area (Å²) < 4.78 is 0. The van der Waals surface area contributed by atoms with Gasteiger partial charge in [0.2, 0.25) is 0 Å². The Bertz CT molecular complexity index is 528. The number of hydrogen-bond acceptors (Lipinski definition) is 4. The number of aliphatic hydroxyl groups is 1. The van der Waals surface area contributed by atoms with Crippen LogP contribution in [0.1, 0.15) is 19.8 Å². The van der Waals surface area contributed by atoms with Crippen LogP contribution in [-0.4, -0.2) is 27.8 Å². The lowest BCUT2D eigenvalue weighted by atomic mass is 10.1. The van der Waals surface area contributed by atoms with Gasteiger partial charge in [0.1, 0.15) is 11.6 Å². The zero-order valence-electron chi connectivity index (χ0n) is 10.4.